The van der Waals surface area contributed by atoms with Crippen molar-refractivity contribution in [2.24, 2.45) is 0 Å². The molecule has 2 heterocycles. The van der Waals surface area contributed by atoms with Gasteiger partial charge >= 0.3 is 22.5 Å². The molecule has 0 atom stereocenters. The Balaban J connectivity index is 1.20. The van der Waals surface area contributed by atoms with E-state index in [2.05, 4.69) is 10.6 Å². The van der Waals surface area contributed by atoms with Gasteiger partial charge in [-0.3, -0.25) is 23.2 Å². The molecule has 11 nitrogen and oxygen atoms in total. The average Bonchev–Trinajstić information content (AvgIpc) is 3.27. The van der Waals surface area contributed by atoms with Gasteiger partial charge in [0.15, 0.2) is 0 Å². The lowest BCUT2D eigenvalue weighted by Gasteiger charge is -2.32. The van der Waals surface area contributed by atoms with Crippen LogP contribution in [0.5, 0.6) is 0 Å². The van der Waals surface area contributed by atoms with Crippen molar-refractivity contribution >= 4 is 45.2 Å². The maximum absolute atomic E-state index is 12.7. The maximum Gasteiger partial charge on any atom is 0.494 e. The van der Waals surface area contributed by atoms with E-state index in [4.69, 9.17) is 27.7 Å². The van der Waals surface area contributed by atoms with E-state index in [1.165, 1.54) is 0 Å². The van der Waals surface area contributed by atoms with Crippen LogP contribution < -0.4 is 21.6 Å². The maximum atomic E-state index is 12.7. The number of carbonyl (C=O) groups excluding carboxylic acids is 2. The Morgan fingerprint density at radius 2 is 0.977 bits per heavy atom. The smallest absolute Gasteiger partial charge is 0.399 e. The third-order valence-corrected chi connectivity index (χ3v) is 9.65. The SMILES string of the molecule is Cc1cc(B2OC(C)(C)C(C)(C)O2)ccc1C(=O)NCO[PH](=O)OCNC(=O)c1ccc(B2OC(C)(C)C(C)(C)O2)cc1C. The van der Waals surface area contributed by atoms with Crippen LogP contribution in [0.4, 0.5) is 0 Å². The van der Waals surface area contributed by atoms with Gasteiger partial charge in [-0.05, 0) is 103 Å². The summed E-state index contributed by atoms with van der Waals surface area (Å²) < 4.78 is 46.8. The molecule has 0 saturated carbocycles. The van der Waals surface area contributed by atoms with Crippen LogP contribution in [0.3, 0.4) is 0 Å². The fourth-order valence-electron chi connectivity index (χ4n) is 4.69. The first-order chi connectivity index (χ1) is 20.3. The highest BCUT2D eigenvalue weighted by molar-refractivity contribution is 7.33. The minimum atomic E-state index is -2.99. The number of hydrogen-bond acceptors (Lipinski definition) is 9. The number of aryl methyl sites for hydroxylation is 2. The molecule has 2 aliphatic heterocycles. The van der Waals surface area contributed by atoms with Gasteiger partial charge in [0.1, 0.15) is 13.5 Å². The highest BCUT2D eigenvalue weighted by Crippen LogP contribution is 2.37. The predicted octanol–water partition coefficient (Wildman–Crippen LogP) is 3.40. The molecule has 0 aliphatic carbocycles. The van der Waals surface area contributed by atoms with Gasteiger partial charge in [-0.15, -0.1) is 0 Å². The van der Waals surface area contributed by atoms with Crippen LogP contribution in [-0.4, -0.2) is 61.9 Å². The number of benzene rings is 2. The zero-order valence-electron chi connectivity index (χ0n) is 27.2. The molecule has 14 heteroatoms. The first-order valence-electron chi connectivity index (χ1n) is 14.6. The minimum absolute atomic E-state index is 0.331. The van der Waals surface area contributed by atoms with Gasteiger partial charge in [0.25, 0.3) is 11.8 Å². The molecule has 238 valence electrons. The van der Waals surface area contributed by atoms with E-state index < -0.39 is 56.7 Å². The molecule has 0 spiro atoms. The Kier molecular flexibility index (Phi) is 9.93. The Labute approximate surface area is 261 Å². The van der Waals surface area contributed by atoms with Gasteiger partial charge in [-0.2, -0.15) is 0 Å². The normalized spacial score (nSPS) is 19.8. The van der Waals surface area contributed by atoms with Gasteiger partial charge in [-0.25, -0.2) is 0 Å². The second kappa shape index (κ2) is 12.7. The Morgan fingerprint density at radius 1 is 0.659 bits per heavy atom. The fraction of sp³-hybridized carbons (Fsp3) is 0.533. The van der Waals surface area contributed by atoms with Crippen LogP contribution in [0.15, 0.2) is 36.4 Å². The molecule has 2 saturated heterocycles. The van der Waals surface area contributed by atoms with Crippen molar-refractivity contribution in [1.82, 2.24) is 10.6 Å². The zero-order chi connectivity index (χ0) is 32.7. The van der Waals surface area contributed by atoms with Crippen LogP contribution >= 0.6 is 8.25 Å². The molecule has 4 rings (SSSR count). The summed E-state index contributed by atoms with van der Waals surface area (Å²) in [5, 5.41) is 5.14. The predicted molar refractivity (Wildman–Crippen MR) is 170 cm³/mol. The second-order valence-corrected chi connectivity index (χ2v) is 14.2. The van der Waals surface area contributed by atoms with Crippen molar-refractivity contribution in [2.45, 2.75) is 91.6 Å². The third kappa shape index (κ3) is 7.31. The molecule has 2 N–H and O–H groups in total. The summed E-state index contributed by atoms with van der Waals surface area (Å²) in [6.07, 6.45) is 0. The Morgan fingerprint density at radius 3 is 1.27 bits per heavy atom. The topological polar surface area (TPSA) is 131 Å². The van der Waals surface area contributed by atoms with E-state index in [0.29, 0.717) is 11.1 Å². The van der Waals surface area contributed by atoms with Crippen molar-refractivity contribution in [3.63, 3.8) is 0 Å². The van der Waals surface area contributed by atoms with E-state index >= 15 is 0 Å². The van der Waals surface area contributed by atoms with Crippen molar-refractivity contribution in [1.29, 1.82) is 0 Å². The summed E-state index contributed by atoms with van der Waals surface area (Å²) in [7, 11) is -4.06. The van der Waals surface area contributed by atoms with E-state index in [9.17, 15) is 14.2 Å². The van der Waals surface area contributed by atoms with E-state index in [-0.39, 0.29) is 13.5 Å². The lowest BCUT2D eigenvalue weighted by atomic mass is 9.78. The van der Waals surface area contributed by atoms with Crippen molar-refractivity contribution < 1.29 is 41.8 Å². The summed E-state index contributed by atoms with van der Waals surface area (Å²) >= 11 is 0. The zero-order valence-corrected chi connectivity index (χ0v) is 28.2. The molecule has 0 radical (unpaired) electrons. The molecule has 0 aromatic heterocycles. The number of rotatable bonds is 10. The molecule has 2 aromatic carbocycles. The lowest BCUT2D eigenvalue weighted by molar-refractivity contribution is 0.00578. The van der Waals surface area contributed by atoms with Gasteiger partial charge < -0.3 is 29.3 Å². The second-order valence-electron chi connectivity index (χ2n) is 13.2. The van der Waals surface area contributed by atoms with Gasteiger partial charge in [0.2, 0.25) is 0 Å². The van der Waals surface area contributed by atoms with Crippen molar-refractivity contribution in [2.75, 3.05) is 13.5 Å². The highest BCUT2D eigenvalue weighted by atomic mass is 31.1. The molecular weight excluding hydrogens is 585 g/mol. The monoisotopic (exact) mass is 628 g/mol. The van der Waals surface area contributed by atoms with Gasteiger partial charge in [0.05, 0.1) is 22.4 Å². The molecule has 2 aliphatic rings. The molecule has 2 fully saturated rings. The standard InChI is InChI=1S/C30H43B2N2O9P/c1-19-15-21(31-40-27(3,4)28(5,6)41-31)11-13-23(19)25(35)33-17-38-44(37)39-18-34-26(36)24-14-12-22(16-20(24)2)32-42-29(7,8)30(9,10)43-32/h11-16,44H,17-18H2,1-10H3,(H,33,35)(H,34,36). The number of amides is 2. The Bertz CT molecular complexity index is 1310. The summed E-state index contributed by atoms with van der Waals surface area (Å²) in [6, 6.07) is 10.6. The highest BCUT2D eigenvalue weighted by Gasteiger charge is 2.52. The van der Waals surface area contributed by atoms with Crippen LogP contribution in [-0.2, 0) is 32.2 Å². The van der Waals surface area contributed by atoms with Gasteiger partial charge in [-0.1, -0.05) is 24.3 Å². The molecule has 44 heavy (non-hydrogen) atoms. The van der Waals surface area contributed by atoms with Crippen LogP contribution in [0.2, 0.25) is 0 Å². The van der Waals surface area contributed by atoms with Crippen LogP contribution in [0.1, 0.15) is 87.2 Å². The molecular formula is C30H43B2N2O9P. The average molecular weight is 628 g/mol. The molecule has 2 amide bonds. The lowest BCUT2D eigenvalue weighted by Crippen LogP contribution is -2.41. The molecule has 0 unspecified atom stereocenters. The van der Waals surface area contributed by atoms with Crippen molar-refractivity contribution in [3.05, 3.63) is 58.7 Å². The van der Waals surface area contributed by atoms with Crippen molar-refractivity contribution in [3.8, 4) is 0 Å². The largest absolute Gasteiger partial charge is 0.494 e. The Hall–Kier alpha value is -2.50. The van der Waals surface area contributed by atoms with E-state index in [0.717, 1.165) is 22.1 Å². The van der Waals surface area contributed by atoms with Crippen LogP contribution in [0, 0.1) is 13.8 Å². The molecule has 2 aromatic rings. The van der Waals surface area contributed by atoms with Crippen LogP contribution in [0.25, 0.3) is 0 Å². The molecule has 0 bridgehead atoms. The summed E-state index contributed by atoms with van der Waals surface area (Å²) in [6.45, 7) is 18.8. The number of carbonyl (C=O) groups is 2. The first-order valence-corrected chi connectivity index (χ1v) is 15.8. The van der Waals surface area contributed by atoms with E-state index in [1.807, 2.05) is 81.4 Å². The number of nitrogens with one attached hydrogen (secondary N) is 2. The van der Waals surface area contributed by atoms with Gasteiger partial charge in [0, 0.05) is 11.1 Å². The minimum Gasteiger partial charge on any atom is -0.399 e. The summed E-state index contributed by atoms with van der Waals surface area (Å²) in [5.41, 5.74) is 2.05. The van der Waals surface area contributed by atoms with E-state index in [1.54, 1.807) is 24.3 Å². The summed E-state index contributed by atoms with van der Waals surface area (Å²) in [4.78, 5) is 25.4. The third-order valence-electron chi connectivity index (χ3n) is 8.89. The number of hydrogen-bond donors (Lipinski definition) is 2. The summed E-state index contributed by atoms with van der Waals surface area (Å²) in [5.74, 6) is -0.795. The quantitative estimate of drug-likeness (QED) is 0.231. The first kappa shape index (κ1) is 34.4. The fourth-order valence-corrected chi connectivity index (χ4v) is 5.15.